The molecule has 1 aromatic heterocycles. The Hall–Kier alpha value is -2.43. The van der Waals surface area contributed by atoms with Crippen molar-refractivity contribution in [1.29, 1.82) is 0 Å². The molecule has 0 saturated carbocycles. The van der Waals surface area contributed by atoms with Crippen LogP contribution in [0.5, 0.6) is 5.75 Å². The average molecular weight is 311 g/mol. The minimum absolute atomic E-state index is 0.0703. The Labute approximate surface area is 136 Å². The molecular formula is C18H21N3O2. The van der Waals surface area contributed by atoms with E-state index < -0.39 is 0 Å². The number of aryl methyl sites for hydroxylation is 1. The maximum absolute atomic E-state index is 12.5. The van der Waals surface area contributed by atoms with Crippen molar-refractivity contribution < 1.29 is 9.53 Å². The molecule has 1 fully saturated rings. The molecule has 23 heavy (non-hydrogen) atoms. The van der Waals surface area contributed by atoms with E-state index in [0.717, 1.165) is 36.7 Å². The minimum Gasteiger partial charge on any atom is -0.493 e. The smallest absolute Gasteiger partial charge is 0.226 e. The summed E-state index contributed by atoms with van der Waals surface area (Å²) in [7, 11) is 0. The van der Waals surface area contributed by atoms with Gasteiger partial charge in [0.1, 0.15) is 11.6 Å². The highest BCUT2D eigenvalue weighted by atomic mass is 16.5. The van der Waals surface area contributed by atoms with Crippen molar-refractivity contribution in [2.45, 2.75) is 32.2 Å². The van der Waals surface area contributed by atoms with Gasteiger partial charge in [-0.15, -0.1) is 0 Å². The molecule has 0 aliphatic carbocycles. The van der Waals surface area contributed by atoms with Gasteiger partial charge in [0.2, 0.25) is 5.91 Å². The molecule has 120 valence electrons. The van der Waals surface area contributed by atoms with Gasteiger partial charge in [-0.2, -0.15) is 0 Å². The van der Waals surface area contributed by atoms with Gasteiger partial charge in [0.15, 0.2) is 0 Å². The lowest BCUT2D eigenvalue weighted by molar-refractivity contribution is -0.132. The third-order valence-corrected chi connectivity index (χ3v) is 4.04. The number of amides is 1. The van der Waals surface area contributed by atoms with Crippen LogP contribution in [-0.2, 0) is 4.79 Å². The summed E-state index contributed by atoms with van der Waals surface area (Å²) in [5, 5.41) is 0. The number of carbonyl (C=O) groups excluding carboxylic acids is 1. The molecular weight excluding hydrogens is 290 g/mol. The van der Waals surface area contributed by atoms with Gasteiger partial charge < -0.3 is 9.64 Å². The van der Waals surface area contributed by atoms with E-state index in [1.165, 1.54) is 0 Å². The number of aromatic nitrogens is 2. The first kappa shape index (κ1) is 15.5. The van der Waals surface area contributed by atoms with Crippen LogP contribution >= 0.6 is 0 Å². The molecule has 0 spiro atoms. The Morgan fingerprint density at radius 3 is 2.91 bits per heavy atom. The van der Waals surface area contributed by atoms with E-state index >= 15 is 0 Å². The number of nitrogens with zero attached hydrogens (tertiary/aromatic N) is 3. The lowest BCUT2D eigenvalue weighted by Gasteiger charge is -2.24. The van der Waals surface area contributed by atoms with Crippen LogP contribution in [-0.4, -0.2) is 33.9 Å². The SMILES string of the molecule is Cc1nccc([C@H]2CCCN2C(=O)CCOc2ccccc2)n1. The second-order valence-electron chi connectivity index (χ2n) is 5.69. The topological polar surface area (TPSA) is 55.3 Å². The van der Waals surface area contributed by atoms with E-state index in [9.17, 15) is 4.79 Å². The van der Waals surface area contributed by atoms with Crippen LogP contribution in [0.25, 0.3) is 0 Å². The van der Waals surface area contributed by atoms with Crippen molar-refractivity contribution in [1.82, 2.24) is 14.9 Å². The Morgan fingerprint density at radius 1 is 1.30 bits per heavy atom. The number of hydrogen-bond donors (Lipinski definition) is 0. The van der Waals surface area contributed by atoms with Gasteiger partial charge in [0.05, 0.1) is 24.8 Å². The van der Waals surface area contributed by atoms with Gasteiger partial charge >= 0.3 is 0 Å². The maximum atomic E-state index is 12.5. The second kappa shape index (κ2) is 7.22. The molecule has 1 saturated heterocycles. The van der Waals surface area contributed by atoms with E-state index in [4.69, 9.17) is 4.74 Å². The summed E-state index contributed by atoms with van der Waals surface area (Å²) in [6.45, 7) is 3.06. The summed E-state index contributed by atoms with van der Waals surface area (Å²) in [5.41, 5.74) is 0.937. The van der Waals surface area contributed by atoms with Crippen LogP contribution in [0.3, 0.4) is 0 Å². The fraction of sp³-hybridized carbons (Fsp3) is 0.389. The van der Waals surface area contributed by atoms with Gasteiger partial charge in [-0.25, -0.2) is 9.97 Å². The summed E-state index contributed by atoms with van der Waals surface area (Å²) in [6, 6.07) is 11.6. The molecule has 0 radical (unpaired) electrons. The zero-order chi connectivity index (χ0) is 16.1. The Morgan fingerprint density at radius 2 is 2.13 bits per heavy atom. The Bertz CT molecular complexity index is 660. The molecule has 1 amide bonds. The van der Waals surface area contributed by atoms with E-state index in [0.29, 0.717) is 13.0 Å². The quantitative estimate of drug-likeness (QED) is 0.852. The van der Waals surface area contributed by atoms with Crippen molar-refractivity contribution in [3.05, 3.63) is 54.1 Å². The van der Waals surface area contributed by atoms with E-state index in [2.05, 4.69) is 9.97 Å². The van der Waals surface area contributed by atoms with Gasteiger partial charge in [-0.3, -0.25) is 4.79 Å². The molecule has 5 heteroatoms. The van der Waals surface area contributed by atoms with E-state index in [-0.39, 0.29) is 11.9 Å². The molecule has 0 bridgehead atoms. The maximum Gasteiger partial charge on any atom is 0.226 e. The molecule has 1 aliphatic heterocycles. The predicted molar refractivity (Wildman–Crippen MR) is 87.0 cm³/mol. The fourth-order valence-corrected chi connectivity index (χ4v) is 2.95. The molecule has 1 atom stereocenters. The summed E-state index contributed by atoms with van der Waals surface area (Å²) in [4.78, 5) is 23.0. The lowest BCUT2D eigenvalue weighted by atomic mass is 10.1. The predicted octanol–water partition coefficient (Wildman–Crippen LogP) is 2.92. The first-order valence-corrected chi connectivity index (χ1v) is 8.01. The largest absolute Gasteiger partial charge is 0.493 e. The number of ether oxygens (including phenoxy) is 1. The van der Waals surface area contributed by atoms with E-state index in [1.54, 1.807) is 6.20 Å². The zero-order valence-electron chi connectivity index (χ0n) is 13.3. The minimum atomic E-state index is 0.0703. The number of carbonyl (C=O) groups is 1. The van der Waals surface area contributed by atoms with Crippen LogP contribution in [0.1, 0.15) is 36.8 Å². The average Bonchev–Trinajstić information content (AvgIpc) is 3.05. The highest BCUT2D eigenvalue weighted by Crippen LogP contribution is 2.31. The van der Waals surface area contributed by atoms with Crippen LogP contribution in [0, 0.1) is 6.92 Å². The fourth-order valence-electron chi connectivity index (χ4n) is 2.95. The lowest BCUT2D eigenvalue weighted by Crippen LogP contribution is -2.32. The normalized spacial score (nSPS) is 17.3. The summed E-state index contributed by atoms with van der Waals surface area (Å²) < 4.78 is 5.62. The van der Waals surface area contributed by atoms with Crippen molar-refractivity contribution in [2.24, 2.45) is 0 Å². The van der Waals surface area contributed by atoms with Crippen molar-refractivity contribution >= 4 is 5.91 Å². The first-order valence-electron chi connectivity index (χ1n) is 8.01. The molecule has 1 aliphatic rings. The number of rotatable bonds is 5. The monoisotopic (exact) mass is 311 g/mol. The number of likely N-dealkylation sites (tertiary alicyclic amines) is 1. The molecule has 1 aromatic carbocycles. The first-order chi connectivity index (χ1) is 11.2. The molecule has 5 nitrogen and oxygen atoms in total. The third kappa shape index (κ3) is 3.86. The Balaban J connectivity index is 1.58. The number of hydrogen-bond acceptors (Lipinski definition) is 4. The van der Waals surface area contributed by atoms with Crippen LogP contribution < -0.4 is 4.74 Å². The van der Waals surface area contributed by atoms with Gasteiger partial charge in [-0.05, 0) is 38.0 Å². The molecule has 0 unspecified atom stereocenters. The van der Waals surface area contributed by atoms with E-state index in [1.807, 2.05) is 48.2 Å². The molecule has 2 heterocycles. The van der Waals surface area contributed by atoms with Crippen molar-refractivity contribution in [2.75, 3.05) is 13.2 Å². The van der Waals surface area contributed by atoms with Crippen molar-refractivity contribution in [3.8, 4) is 5.75 Å². The zero-order valence-corrected chi connectivity index (χ0v) is 13.3. The second-order valence-corrected chi connectivity index (χ2v) is 5.69. The third-order valence-electron chi connectivity index (χ3n) is 4.04. The van der Waals surface area contributed by atoms with Crippen LogP contribution in [0.2, 0.25) is 0 Å². The number of benzene rings is 1. The van der Waals surface area contributed by atoms with Gasteiger partial charge in [0.25, 0.3) is 0 Å². The van der Waals surface area contributed by atoms with Crippen LogP contribution in [0.15, 0.2) is 42.6 Å². The standard InChI is InChI=1S/C18H21N3O2/c1-14-19-11-9-16(20-14)17-8-5-12-21(17)18(22)10-13-23-15-6-3-2-4-7-15/h2-4,6-7,9,11,17H,5,8,10,12-13H2,1H3/t17-/m1/s1. The summed E-state index contributed by atoms with van der Waals surface area (Å²) in [5.74, 6) is 1.67. The highest BCUT2D eigenvalue weighted by molar-refractivity contribution is 5.77. The molecule has 2 aromatic rings. The molecule has 0 N–H and O–H groups in total. The molecule has 3 rings (SSSR count). The Kier molecular flexibility index (Phi) is 4.86. The highest BCUT2D eigenvalue weighted by Gasteiger charge is 2.30. The summed E-state index contributed by atoms with van der Waals surface area (Å²) in [6.07, 6.45) is 4.12. The van der Waals surface area contributed by atoms with Crippen LogP contribution in [0.4, 0.5) is 0 Å². The van der Waals surface area contributed by atoms with Gasteiger partial charge in [-0.1, -0.05) is 18.2 Å². The van der Waals surface area contributed by atoms with Crippen molar-refractivity contribution in [3.63, 3.8) is 0 Å². The number of para-hydroxylation sites is 1. The van der Waals surface area contributed by atoms with Gasteiger partial charge in [0, 0.05) is 12.7 Å². The summed E-state index contributed by atoms with van der Waals surface area (Å²) >= 11 is 0.